The first kappa shape index (κ1) is 15.6. The molecule has 1 aromatic rings. The second-order valence-corrected chi connectivity index (χ2v) is 5.35. The number of amides is 1. The zero-order valence-electron chi connectivity index (χ0n) is 9.40. The smallest absolute Gasteiger partial charge is 0.230 e. The quantitative estimate of drug-likeness (QED) is 0.697. The van der Waals surface area contributed by atoms with Crippen LogP contribution in [0.5, 0.6) is 0 Å². The first-order valence-corrected chi connectivity index (χ1v) is 6.90. The van der Waals surface area contributed by atoms with Crippen molar-refractivity contribution in [2.24, 2.45) is 0 Å². The number of thioether (sulfide) groups is 1. The van der Waals surface area contributed by atoms with E-state index < -0.39 is 6.04 Å². The Balaban J connectivity index is 2.49. The van der Waals surface area contributed by atoms with Crippen molar-refractivity contribution in [3.05, 3.63) is 28.2 Å². The number of carbonyl (C=O) groups excluding carboxylic acids is 1. The lowest BCUT2D eigenvalue weighted by atomic mass is 10.3. The second kappa shape index (κ2) is 7.86. The fraction of sp³-hybridized carbons (Fsp3) is 0.364. The molecule has 0 atom stereocenters. The zero-order valence-corrected chi connectivity index (χ0v) is 11.7. The molecule has 0 aliphatic carbocycles. The lowest BCUT2D eigenvalue weighted by molar-refractivity contribution is -0.119. The fourth-order valence-electron chi connectivity index (χ4n) is 1.15. The molecule has 3 N–H and O–H groups in total. The predicted molar refractivity (Wildman–Crippen MR) is 73.3 cm³/mol. The van der Waals surface area contributed by atoms with Gasteiger partial charge in [-0.15, -0.1) is 11.8 Å². The summed E-state index contributed by atoms with van der Waals surface area (Å²) in [5, 5.41) is 21.2. The number of nitrogens with one attached hydrogen (secondary N) is 1. The van der Waals surface area contributed by atoms with E-state index in [1.165, 1.54) is 11.8 Å². The van der Waals surface area contributed by atoms with Crippen LogP contribution in [-0.2, 0) is 4.79 Å². The average Bonchev–Trinajstić information content (AvgIpc) is 2.37. The van der Waals surface area contributed by atoms with Gasteiger partial charge in [-0.2, -0.15) is 0 Å². The van der Waals surface area contributed by atoms with E-state index in [-0.39, 0.29) is 24.9 Å². The summed E-state index contributed by atoms with van der Waals surface area (Å²) in [5.74, 6) is -0.152. The maximum absolute atomic E-state index is 11.5. The third kappa shape index (κ3) is 5.04. The number of benzene rings is 1. The van der Waals surface area contributed by atoms with Gasteiger partial charge in [-0.3, -0.25) is 4.79 Å². The van der Waals surface area contributed by atoms with E-state index >= 15 is 0 Å². The number of carbonyl (C=O) groups is 1. The molecule has 1 rings (SSSR count). The SMILES string of the molecule is O=C(CSc1cc(Cl)ccc1Cl)NC(CO)CO. The Hall–Kier alpha value is -0.460. The van der Waals surface area contributed by atoms with E-state index in [9.17, 15) is 4.79 Å². The van der Waals surface area contributed by atoms with Crippen molar-refractivity contribution in [3.8, 4) is 0 Å². The molecule has 0 saturated heterocycles. The molecule has 1 aromatic carbocycles. The van der Waals surface area contributed by atoms with Crippen molar-refractivity contribution in [1.29, 1.82) is 0 Å². The molecular weight excluding hydrogens is 297 g/mol. The molecule has 0 heterocycles. The average molecular weight is 310 g/mol. The molecule has 0 unspecified atom stereocenters. The highest BCUT2D eigenvalue weighted by atomic mass is 35.5. The fourth-order valence-corrected chi connectivity index (χ4v) is 2.45. The summed E-state index contributed by atoms with van der Waals surface area (Å²) >= 11 is 13.0. The van der Waals surface area contributed by atoms with Gasteiger partial charge in [0.25, 0.3) is 0 Å². The number of aliphatic hydroxyl groups is 2. The van der Waals surface area contributed by atoms with Gasteiger partial charge in [0.05, 0.1) is 30.0 Å². The van der Waals surface area contributed by atoms with Crippen LogP contribution in [0.15, 0.2) is 23.1 Å². The molecule has 0 aromatic heterocycles. The summed E-state index contributed by atoms with van der Waals surface area (Å²) in [6.07, 6.45) is 0. The van der Waals surface area contributed by atoms with Gasteiger partial charge >= 0.3 is 0 Å². The Kier molecular flexibility index (Phi) is 6.81. The monoisotopic (exact) mass is 309 g/mol. The molecule has 18 heavy (non-hydrogen) atoms. The number of halogens is 2. The second-order valence-electron chi connectivity index (χ2n) is 3.49. The van der Waals surface area contributed by atoms with Crippen molar-refractivity contribution in [3.63, 3.8) is 0 Å². The van der Waals surface area contributed by atoms with Gasteiger partial charge in [-0.05, 0) is 18.2 Å². The van der Waals surface area contributed by atoms with Crippen molar-refractivity contribution >= 4 is 40.9 Å². The first-order valence-electron chi connectivity index (χ1n) is 5.15. The lowest BCUT2D eigenvalue weighted by Crippen LogP contribution is -2.40. The molecule has 0 spiro atoms. The Morgan fingerprint density at radius 3 is 2.61 bits per heavy atom. The molecule has 7 heteroatoms. The number of hydrogen-bond acceptors (Lipinski definition) is 4. The lowest BCUT2D eigenvalue weighted by Gasteiger charge is -2.13. The third-order valence-corrected chi connectivity index (χ3v) is 3.79. The Morgan fingerprint density at radius 2 is 2.00 bits per heavy atom. The van der Waals surface area contributed by atoms with Crippen LogP contribution in [0.1, 0.15) is 0 Å². The van der Waals surface area contributed by atoms with Gasteiger partial charge < -0.3 is 15.5 Å². The number of hydrogen-bond donors (Lipinski definition) is 3. The highest BCUT2D eigenvalue weighted by molar-refractivity contribution is 8.00. The third-order valence-electron chi connectivity index (χ3n) is 2.06. The zero-order chi connectivity index (χ0) is 13.5. The van der Waals surface area contributed by atoms with E-state index in [4.69, 9.17) is 33.4 Å². The van der Waals surface area contributed by atoms with Crippen LogP contribution in [0, 0.1) is 0 Å². The van der Waals surface area contributed by atoms with Crippen LogP contribution in [0.25, 0.3) is 0 Å². The highest BCUT2D eigenvalue weighted by Crippen LogP contribution is 2.29. The maximum atomic E-state index is 11.5. The molecule has 0 radical (unpaired) electrons. The summed E-state index contributed by atoms with van der Waals surface area (Å²) in [7, 11) is 0. The van der Waals surface area contributed by atoms with Crippen LogP contribution >= 0.6 is 35.0 Å². The minimum atomic E-state index is -0.632. The van der Waals surface area contributed by atoms with Gasteiger partial charge in [-0.1, -0.05) is 23.2 Å². The van der Waals surface area contributed by atoms with Gasteiger partial charge in [0.2, 0.25) is 5.91 Å². The normalized spacial score (nSPS) is 10.7. The van der Waals surface area contributed by atoms with Crippen LogP contribution in [0.2, 0.25) is 10.0 Å². The molecular formula is C11H13Cl2NO3S. The topological polar surface area (TPSA) is 69.6 Å². The predicted octanol–water partition coefficient (Wildman–Crippen LogP) is 1.55. The molecule has 0 bridgehead atoms. The number of rotatable bonds is 6. The van der Waals surface area contributed by atoms with Crippen molar-refractivity contribution in [1.82, 2.24) is 5.32 Å². The maximum Gasteiger partial charge on any atom is 0.230 e. The van der Waals surface area contributed by atoms with Crippen LogP contribution in [0.3, 0.4) is 0 Å². The minimum Gasteiger partial charge on any atom is -0.394 e. The van der Waals surface area contributed by atoms with Crippen LogP contribution in [0.4, 0.5) is 0 Å². The highest BCUT2D eigenvalue weighted by Gasteiger charge is 2.11. The van der Waals surface area contributed by atoms with Crippen molar-refractivity contribution in [2.45, 2.75) is 10.9 Å². The summed E-state index contributed by atoms with van der Waals surface area (Å²) < 4.78 is 0. The molecule has 4 nitrogen and oxygen atoms in total. The van der Waals surface area contributed by atoms with Gasteiger partial charge in [0, 0.05) is 9.92 Å². The van der Waals surface area contributed by atoms with Crippen molar-refractivity contribution in [2.75, 3.05) is 19.0 Å². The van der Waals surface area contributed by atoms with E-state index in [2.05, 4.69) is 5.32 Å². The first-order chi connectivity index (χ1) is 8.56. The van der Waals surface area contributed by atoms with E-state index in [0.717, 1.165) is 0 Å². The standard InChI is InChI=1S/C11H13Cl2NO3S/c12-7-1-2-9(13)10(3-7)18-6-11(17)14-8(4-15)5-16/h1-3,8,15-16H,4-6H2,(H,14,17). The molecule has 1 amide bonds. The van der Waals surface area contributed by atoms with E-state index in [1.807, 2.05) is 0 Å². The van der Waals surface area contributed by atoms with Gasteiger partial charge in [-0.25, -0.2) is 0 Å². The summed E-state index contributed by atoms with van der Waals surface area (Å²) in [5.41, 5.74) is 0. The Bertz CT molecular complexity index is 413. The summed E-state index contributed by atoms with van der Waals surface area (Å²) in [6.45, 7) is -0.602. The minimum absolute atomic E-state index is 0.135. The summed E-state index contributed by atoms with van der Waals surface area (Å²) in [6, 6.07) is 4.38. The number of aliphatic hydroxyl groups excluding tert-OH is 2. The Labute approximate surface area is 119 Å². The molecule has 0 fully saturated rings. The van der Waals surface area contributed by atoms with Gasteiger partial charge in [0.1, 0.15) is 0 Å². The molecule has 0 aliphatic heterocycles. The van der Waals surface area contributed by atoms with Crippen LogP contribution < -0.4 is 5.32 Å². The molecule has 0 aliphatic rings. The Morgan fingerprint density at radius 1 is 1.33 bits per heavy atom. The summed E-state index contributed by atoms with van der Waals surface area (Å²) in [4.78, 5) is 12.2. The van der Waals surface area contributed by atoms with E-state index in [0.29, 0.717) is 14.9 Å². The van der Waals surface area contributed by atoms with Gasteiger partial charge in [0.15, 0.2) is 0 Å². The largest absolute Gasteiger partial charge is 0.394 e. The van der Waals surface area contributed by atoms with Crippen molar-refractivity contribution < 1.29 is 15.0 Å². The molecule has 100 valence electrons. The van der Waals surface area contributed by atoms with Crippen LogP contribution in [-0.4, -0.2) is 41.1 Å². The molecule has 0 saturated carbocycles. The van der Waals surface area contributed by atoms with E-state index in [1.54, 1.807) is 18.2 Å².